The summed E-state index contributed by atoms with van der Waals surface area (Å²) < 4.78 is 63.3. The Kier molecular flexibility index (Phi) is 6.78. The van der Waals surface area contributed by atoms with Crippen LogP contribution in [-0.4, -0.2) is 36.0 Å². The van der Waals surface area contributed by atoms with Gasteiger partial charge in [-0.15, -0.1) is 0 Å². The predicted molar refractivity (Wildman–Crippen MR) is 88.1 cm³/mol. The van der Waals surface area contributed by atoms with Gasteiger partial charge in [-0.3, -0.25) is 9.59 Å². The molecule has 9 heteroatoms. The van der Waals surface area contributed by atoms with Crippen molar-refractivity contribution in [2.75, 3.05) is 0 Å². The van der Waals surface area contributed by atoms with Crippen molar-refractivity contribution in [3.05, 3.63) is 35.9 Å². The van der Waals surface area contributed by atoms with Crippen LogP contribution in [0.1, 0.15) is 37.7 Å². The smallest absolute Gasteiger partial charge is 0.351 e. The van der Waals surface area contributed by atoms with Gasteiger partial charge in [-0.2, -0.15) is 22.0 Å². The van der Waals surface area contributed by atoms with Gasteiger partial charge in [-0.25, -0.2) is 0 Å². The van der Waals surface area contributed by atoms with E-state index in [1.807, 2.05) is 30.3 Å². The van der Waals surface area contributed by atoms with Crippen LogP contribution in [0.5, 0.6) is 0 Å². The molecule has 2 amide bonds. The molecule has 0 aliphatic heterocycles. The normalized spacial score (nSPS) is 20.8. The number of hydrogen-bond acceptors (Lipinski definition) is 2. The lowest BCUT2D eigenvalue weighted by molar-refractivity contribution is -0.270. The molecule has 2 rings (SSSR count). The number of benzene rings is 1. The summed E-state index contributed by atoms with van der Waals surface area (Å²) in [5, 5.41) is 4.43. The first-order valence-electron chi connectivity index (χ1n) is 8.70. The van der Waals surface area contributed by atoms with E-state index in [4.69, 9.17) is 0 Å². The average molecular weight is 392 g/mol. The van der Waals surface area contributed by atoms with E-state index in [1.165, 1.54) is 0 Å². The first-order chi connectivity index (χ1) is 12.6. The molecule has 0 aromatic heterocycles. The molecule has 1 saturated carbocycles. The highest BCUT2D eigenvalue weighted by Crippen LogP contribution is 2.36. The first-order valence-corrected chi connectivity index (χ1v) is 8.70. The van der Waals surface area contributed by atoms with Crippen LogP contribution in [0.15, 0.2) is 30.3 Å². The van der Waals surface area contributed by atoms with Crippen LogP contribution in [0.4, 0.5) is 22.0 Å². The fraction of sp³-hybridized carbons (Fsp3) is 0.556. The minimum absolute atomic E-state index is 0.153. The minimum Gasteiger partial charge on any atom is -0.351 e. The summed E-state index contributed by atoms with van der Waals surface area (Å²) in [5.74, 6) is -8.19. The Morgan fingerprint density at radius 1 is 0.926 bits per heavy atom. The van der Waals surface area contributed by atoms with Crippen molar-refractivity contribution in [1.29, 1.82) is 0 Å². The van der Waals surface area contributed by atoms with Crippen molar-refractivity contribution in [2.45, 2.75) is 62.7 Å². The Balaban J connectivity index is 1.92. The van der Waals surface area contributed by atoms with Crippen molar-refractivity contribution in [2.24, 2.45) is 0 Å². The molecular weight excluding hydrogens is 371 g/mol. The third-order valence-electron chi connectivity index (χ3n) is 4.55. The molecule has 1 aromatic carbocycles. The predicted octanol–water partition coefficient (Wildman–Crippen LogP) is 3.36. The van der Waals surface area contributed by atoms with Crippen LogP contribution < -0.4 is 10.6 Å². The van der Waals surface area contributed by atoms with Crippen molar-refractivity contribution >= 4 is 11.8 Å². The van der Waals surface area contributed by atoms with Crippen LogP contribution >= 0.6 is 0 Å². The van der Waals surface area contributed by atoms with Gasteiger partial charge in [-0.05, 0) is 24.8 Å². The molecule has 27 heavy (non-hydrogen) atoms. The molecule has 2 N–H and O–H groups in total. The summed E-state index contributed by atoms with van der Waals surface area (Å²) in [5.41, 5.74) is 0.950. The molecule has 4 nitrogen and oxygen atoms in total. The second-order valence-corrected chi connectivity index (χ2v) is 6.60. The van der Waals surface area contributed by atoms with Gasteiger partial charge in [0.25, 0.3) is 0 Å². The van der Waals surface area contributed by atoms with Gasteiger partial charge in [0, 0.05) is 18.5 Å². The maximum absolute atomic E-state index is 13.2. The number of hydrogen-bond donors (Lipinski definition) is 2. The van der Waals surface area contributed by atoms with Crippen LogP contribution in [0.2, 0.25) is 0 Å². The maximum atomic E-state index is 13.2. The summed E-state index contributed by atoms with van der Waals surface area (Å²) in [7, 11) is 0. The van der Waals surface area contributed by atoms with Gasteiger partial charge in [0.15, 0.2) is 0 Å². The van der Waals surface area contributed by atoms with Crippen molar-refractivity contribution in [1.82, 2.24) is 10.6 Å². The number of halogens is 5. The average Bonchev–Trinajstić information content (AvgIpc) is 2.61. The first kappa shape index (κ1) is 21.1. The molecule has 0 unspecified atom stereocenters. The Hall–Kier alpha value is -2.19. The molecular formula is C18H21F5N2O2. The number of nitrogens with one attached hydrogen (secondary N) is 2. The largest absolute Gasteiger partial charge is 0.463 e. The van der Waals surface area contributed by atoms with E-state index in [0.29, 0.717) is 25.7 Å². The standard InChI is InChI=1S/C18H21F5N2O2/c19-17(20,18(21,22)23)16(27)25-14-9-5-4-8-13(14)24-15(26)11-10-12-6-2-1-3-7-12/h1-3,6-7,13-14H,4-5,8-11H2,(H,24,26)(H,25,27)/t13-,14-/m1/s1. The third kappa shape index (κ3) is 5.64. The van der Waals surface area contributed by atoms with Crippen LogP contribution in [-0.2, 0) is 16.0 Å². The van der Waals surface area contributed by atoms with E-state index in [0.717, 1.165) is 5.56 Å². The quantitative estimate of drug-likeness (QED) is 0.730. The van der Waals surface area contributed by atoms with Gasteiger partial charge >= 0.3 is 18.0 Å². The topological polar surface area (TPSA) is 58.2 Å². The number of carbonyl (C=O) groups excluding carboxylic acids is 2. The summed E-state index contributed by atoms with van der Waals surface area (Å²) in [6.07, 6.45) is -3.45. The van der Waals surface area contributed by atoms with Gasteiger partial charge < -0.3 is 10.6 Å². The van der Waals surface area contributed by atoms with E-state index in [1.54, 1.807) is 5.32 Å². The summed E-state index contributed by atoms with van der Waals surface area (Å²) in [6.45, 7) is 0. The van der Waals surface area contributed by atoms with Crippen molar-refractivity contribution in [3.8, 4) is 0 Å². The number of carbonyl (C=O) groups is 2. The van der Waals surface area contributed by atoms with Crippen molar-refractivity contribution in [3.63, 3.8) is 0 Å². The zero-order valence-electron chi connectivity index (χ0n) is 14.5. The second-order valence-electron chi connectivity index (χ2n) is 6.60. The van der Waals surface area contributed by atoms with Gasteiger partial charge in [-0.1, -0.05) is 43.2 Å². The Bertz CT molecular complexity index is 649. The number of amides is 2. The molecule has 1 aliphatic rings. The molecule has 0 bridgehead atoms. The highest BCUT2D eigenvalue weighted by atomic mass is 19.4. The SMILES string of the molecule is O=C(CCc1ccccc1)N[C@@H]1CCCC[C@H]1NC(=O)C(F)(F)C(F)(F)F. The van der Waals surface area contributed by atoms with Crippen LogP contribution in [0.3, 0.4) is 0 Å². The van der Waals surface area contributed by atoms with Crippen LogP contribution in [0.25, 0.3) is 0 Å². The van der Waals surface area contributed by atoms with Gasteiger partial charge in [0.2, 0.25) is 5.91 Å². The fourth-order valence-corrected chi connectivity index (χ4v) is 3.05. The van der Waals surface area contributed by atoms with E-state index in [2.05, 4.69) is 5.32 Å². The van der Waals surface area contributed by atoms with E-state index >= 15 is 0 Å². The number of aryl methyl sites for hydroxylation is 1. The maximum Gasteiger partial charge on any atom is 0.463 e. The van der Waals surface area contributed by atoms with E-state index in [-0.39, 0.29) is 18.7 Å². The second kappa shape index (κ2) is 8.67. The molecule has 0 spiro atoms. The number of rotatable bonds is 6. The molecule has 0 radical (unpaired) electrons. The zero-order valence-corrected chi connectivity index (χ0v) is 14.5. The lowest BCUT2D eigenvalue weighted by Crippen LogP contribution is -2.59. The van der Waals surface area contributed by atoms with Crippen molar-refractivity contribution < 1.29 is 31.5 Å². The minimum atomic E-state index is -5.96. The van der Waals surface area contributed by atoms with Gasteiger partial charge in [0.05, 0.1) is 0 Å². The highest BCUT2D eigenvalue weighted by molar-refractivity contribution is 5.84. The van der Waals surface area contributed by atoms with Crippen LogP contribution in [0, 0.1) is 0 Å². The van der Waals surface area contributed by atoms with E-state index in [9.17, 15) is 31.5 Å². The monoisotopic (exact) mass is 392 g/mol. The Morgan fingerprint density at radius 2 is 1.48 bits per heavy atom. The van der Waals surface area contributed by atoms with E-state index < -0.39 is 30.1 Å². The Morgan fingerprint density at radius 3 is 2.04 bits per heavy atom. The molecule has 1 aromatic rings. The summed E-state index contributed by atoms with van der Waals surface area (Å²) >= 11 is 0. The summed E-state index contributed by atoms with van der Waals surface area (Å²) in [6, 6.07) is 7.60. The lowest BCUT2D eigenvalue weighted by Gasteiger charge is -2.34. The fourth-order valence-electron chi connectivity index (χ4n) is 3.05. The number of alkyl halides is 5. The third-order valence-corrected chi connectivity index (χ3v) is 4.55. The molecule has 1 fully saturated rings. The molecule has 150 valence electrons. The zero-order chi connectivity index (χ0) is 20.1. The molecule has 0 heterocycles. The molecule has 2 atom stereocenters. The Labute approximate surface area is 153 Å². The molecule has 1 aliphatic carbocycles. The highest BCUT2D eigenvalue weighted by Gasteiger charge is 2.63. The van der Waals surface area contributed by atoms with Gasteiger partial charge in [0.1, 0.15) is 0 Å². The lowest BCUT2D eigenvalue weighted by atomic mass is 9.89. The molecule has 0 saturated heterocycles. The summed E-state index contributed by atoms with van der Waals surface area (Å²) in [4.78, 5) is 23.5.